The summed E-state index contributed by atoms with van der Waals surface area (Å²) in [7, 11) is 0. The van der Waals surface area contributed by atoms with Crippen molar-refractivity contribution >= 4 is 22.7 Å². The molecule has 4 aromatic carbocycles. The first-order valence-electron chi connectivity index (χ1n) is 18.4. The van der Waals surface area contributed by atoms with E-state index < -0.39 is 0 Å². The predicted octanol–water partition coefficient (Wildman–Crippen LogP) is 13.4. The lowest BCUT2D eigenvalue weighted by atomic mass is 9.65. The van der Waals surface area contributed by atoms with Crippen molar-refractivity contribution < 1.29 is 0 Å². The Kier molecular flexibility index (Phi) is 9.90. The van der Waals surface area contributed by atoms with Crippen LogP contribution >= 0.6 is 0 Å². The first kappa shape index (κ1) is 33.4. The van der Waals surface area contributed by atoms with Crippen LogP contribution in [0, 0.1) is 13.8 Å². The molecule has 0 saturated heterocycles. The Labute approximate surface area is 300 Å². The number of anilines is 4. The molecule has 2 nitrogen and oxygen atoms in total. The highest BCUT2D eigenvalue weighted by Crippen LogP contribution is 2.46. The van der Waals surface area contributed by atoms with Gasteiger partial charge in [0, 0.05) is 39.6 Å². The maximum Gasteiger partial charge on any atom is 0.0461 e. The van der Waals surface area contributed by atoms with Crippen molar-refractivity contribution in [3.63, 3.8) is 0 Å². The molecule has 3 aliphatic carbocycles. The van der Waals surface area contributed by atoms with E-state index in [2.05, 4.69) is 183 Å². The van der Waals surface area contributed by atoms with Crippen molar-refractivity contribution in [2.45, 2.75) is 78.1 Å². The number of hydrogen-bond donors (Lipinski definition) is 0. The molecular weight excluding hydrogens is 605 g/mol. The zero-order valence-electron chi connectivity index (χ0n) is 30.2. The van der Waals surface area contributed by atoms with Crippen LogP contribution in [0.1, 0.15) is 81.0 Å². The molecule has 0 heterocycles. The molecule has 3 aliphatic rings. The lowest BCUT2D eigenvalue weighted by molar-refractivity contribution is 0.346. The van der Waals surface area contributed by atoms with Crippen LogP contribution in [-0.4, -0.2) is 0 Å². The summed E-state index contributed by atoms with van der Waals surface area (Å²) < 4.78 is 0. The van der Waals surface area contributed by atoms with E-state index in [-0.39, 0.29) is 5.41 Å². The second-order valence-electron chi connectivity index (χ2n) is 14.4. The summed E-state index contributed by atoms with van der Waals surface area (Å²) in [6.07, 6.45) is 26.3. The molecule has 50 heavy (non-hydrogen) atoms. The molecule has 7 rings (SSSR count). The molecule has 252 valence electrons. The van der Waals surface area contributed by atoms with Crippen molar-refractivity contribution in [2.24, 2.45) is 0 Å². The molecule has 0 unspecified atom stereocenters. The number of hydrogen-bond acceptors (Lipinski definition) is 2. The molecule has 0 aromatic heterocycles. The van der Waals surface area contributed by atoms with E-state index in [1.165, 1.54) is 99.6 Å². The molecule has 0 N–H and O–H groups in total. The fourth-order valence-electron chi connectivity index (χ4n) is 7.81. The number of aryl methyl sites for hydroxylation is 2. The summed E-state index contributed by atoms with van der Waals surface area (Å²) in [6, 6.07) is 36.8. The highest BCUT2D eigenvalue weighted by atomic mass is 15.2. The van der Waals surface area contributed by atoms with E-state index in [0.29, 0.717) is 0 Å². The van der Waals surface area contributed by atoms with Crippen molar-refractivity contribution in [1.29, 1.82) is 0 Å². The average Bonchev–Trinajstić information content (AvgIpc) is 3.50. The highest BCUT2D eigenvalue weighted by Gasteiger charge is 2.36. The highest BCUT2D eigenvalue weighted by molar-refractivity contribution is 5.73. The van der Waals surface area contributed by atoms with E-state index in [0.717, 1.165) is 12.8 Å². The fourth-order valence-corrected chi connectivity index (χ4v) is 7.81. The van der Waals surface area contributed by atoms with Crippen LogP contribution in [0.4, 0.5) is 22.7 Å². The van der Waals surface area contributed by atoms with Gasteiger partial charge in [0.2, 0.25) is 0 Å². The standard InChI is InChI=1S/C48H50N2/c1-36-10-8-12-42(24-14-36)49(44-26-16-38(3)17-27-44)46-30-20-40(21-31-46)48(34-6-5-7-35-48)41-22-32-47(33-23-41)50(45-28-18-39(4)19-29-45)43-13-9-11-37(2)15-25-43/h10-33H,5-9,34-35H2,1-4H3. The van der Waals surface area contributed by atoms with Crippen LogP contribution in [0.25, 0.3) is 0 Å². The van der Waals surface area contributed by atoms with Crippen LogP contribution < -0.4 is 9.80 Å². The van der Waals surface area contributed by atoms with Gasteiger partial charge in [0.25, 0.3) is 0 Å². The molecule has 0 spiro atoms. The van der Waals surface area contributed by atoms with Gasteiger partial charge < -0.3 is 9.80 Å². The number of nitrogens with zero attached hydrogens (tertiary/aromatic N) is 2. The molecule has 0 radical (unpaired) electrons. The Morgan fingerprint density at radius 1 is 0.400 bits per heavy atom. The van der Waals surface area contributed by atoms with E-state index in [1.54, 1.807) is 0 Å². The third kappa shape index (κ3) is 7.12. The summed E-state index contributed by atoms with van der Waals surface area (Å²) >= 11 is 0. The van der Waals surface area contributed by atoms with Gasteiger partial charge in [-0.05, 0) is 125 Å². The molecule has 0 bridgehead atoms. The minimum Gasteiger partial charge on any atom is -0.311 e. The lowest BCUT2D eigenvalue weighted by Gasteiger charge is -2.39. The molecule has 1 fully saturated rings. The summed E-state index contributed by atoms with van der Waals surface area (Å²) in [4.78, 5) is 4.81. The SMILES string of the molecule is CC1=CCC=C(N(c2ccc(C)cc2)c2ccc(C3(c4ccc(N(C5=CCC=C(C)C=C5)c5ccc(C)cc5)cc4)CCCCC3)cc2)C=C1. The average molecular weight is 655 g/mol. The number of rotatable bonds is 8. The number of allylic oxidation sites excluding steroid dienone is 10. The van der Waals surface area contributed by atoms with Crippen LogP contribution in [-0.2, 0) is 5.41 Å². The topological polar surface area (TPSA) is 6.48 Å². The van der Waals surface area contributed by atoms with Crippen molar-refractivity contribution in [2.75, 3.05) is 9.80 Å². The first-order chi connectivity index (χ1) is 24.4. The Bertz CT molecular complexity index is 1830. The molecule has 0 atom stereocenters. The maximum absolute atomic E-state index is 2.41. The molecule has 1 saturated carbocycles. The second-order valence-corrected chi connectivity index (χ2v) is 14.4. The third-order valence-electron chi connectivity index (χ3n) is 10.7. The van der Waals surface area contributed by atoms with Crippen LogP contribution in [0.3, 0.4) is 0 Å². The van der Waals surface area contributed by atoms with Gasteiger partial charge in [0.1, 0.15) is 0 Å². The molecule has 4 aromatic rings. The largest absolute Gasteiger partial charge is 0.311 e. The van der Waals surface area contributed by atoms with Gasteiger partial charge in [-0.2, -0.15) is 0 Å². The van der Waals surface area contributed by atoms with Crippen molar-refractivity contribution in [1.82, 2.24) is 0 Å². The zero-order chi connectivity index (χ0) is 34.5. The second kappa shape index (κ2) is 14.8. The van der Waals surface area contributed by atoms with Gasteiger partial charge in [-0.15, -0.1) is 0 Å². The van der Waals surface area contributed by atoms with Gasteiger partial charge in [-0.25, -0.2) is 0 Å². The molecule has 0 aliphatic heterocycles. The fraction of sp³-hybridized carbons (Fsp3) is 0.250. The minimum atomic E-state index is 0.00370. The van der Waals surface area contributed by atoms with Gasteiger partial charge in [0.15, 0.2) is 0 Å². The Hall–Kier alpha value is -5.08. The number of benzene rings is 4. The van der Waals surface area contributed by atoms with E-state index >= 15 is 0 Å². The normalized spacial score (nSPS) is 17.1. The smallest absolute Gasteiger partial charge is 0.0461 e. The Balaban J connectivity index is 1.24. The summed E-state index contributed by atoms with van der Waals surface area (Å²) in [5.41, 5.74) is 15.2. The molecular formula is C48H50N2. The Morgan fingerprint density at radius 3 is 1.14 bits per heavy atom. The van der Waals surface area contributed by atoms with Gasteiger partial charge >= 0.3 is 0 Å². The lowest BCUT2D eigenvalue weighted by Crippen LogP contribution is -2.30. The van der Waals surface area contributed by atoms with E-state index in [4.69, 9.17) is 0 Å². The van der Waals surface area contributed by atoms with Crippen LogP contribution in [0.2, 0.25) is 0 Å². The maximum atomic E-state index is 2.41. The third-order valence-corrected chi connectivity index (χ3v) is 10.7. The van der Waals surface area contributed by atoms with Gasteiger partial charge in [0.05, 0.1) is 0 Å². The molecule has 0 amide bonds. The molecule has 2 heteroatoms. The van der Waals surface area contributed by atoms with Crippen LogP contribution in [0.5, 0.6) is 0 Å². The predicted molar refractivity (Wildman–Crippen MR) is 215 cm³/mol. The van der Waals surface area contributed by atoms with E-state index in [1.807, 2.05) is 0 Å². The zero-order valence-corrected chi connectivity index (χ0v) is 30.2. The Morgan fingerprint density at radius 2 is 0.760 bits per heavy atom. The summed E-state index contributed by atoms with van der Waals surface area (Å²) in [5.74, 6) is 0. The van der Waals surface area contributed by atoms with Crippen molar-refractivity contribution in [3.8, 4) is 0 Å². The summed E-state index contributed by atoms with van der Waals surface area (Å²) in [5, 5.41) is 0. The minimum absolute atomic E-state index is 0.00370. The van der Waals surface area contributed by atoms with Crippen LogP contribution in [0.15, 0.2) is 168 Å². The first-order valence-corrected chi connectivity index (χ1v) is 18.4. The quantitative estimate of drug-likeness (QED) is 0.187. The van der Waals surface area contributed by atoms with Gasteiger partial charge in [-0.1, -0.05) is 127 Å². The van der Waals surface area contributed by atoms with Gasteiger partial charge in [-0.3, -0.25) is 0 Å². The van der Waals surface area contributed by atoms with Crippen molar-refractivity contribution in [3.05, 3.63) is 190 Å². The monoisotopic (exact) mass is 654 g/mol. The summed E-state index contributed by atoms with van der Waals surface area (Å²) in [6.45, 7) is 8.67. The van der Waals surface area contributed by atoms with E-state index in [9.17, 15) is 0 Å².